The van der Waals surface area contributed by atoms with Gasteiger partial charge in [0.1, 0.15) is 0 Å². The number of hydrogen-bond donors (Lipinski definition) is 0. The number of ketones is 1. The predicted molar refractivity (Wildman–Crippen MR) is 122 cm³/mol. The summed E-state index contributed by atoms with van der Waals surface area (Å²) in [5.74, 6) is 0.0643. The highest BCUT2D eigenvalue weighted by atomic mass is 16.1. The van der Waals surface area contributed by atoms with Crippen molar-refractivity contribution >= 4 is 11.4 Å². The van der Waals surface area contributed by atoms with Crippen molar-refractivity contribution in [3.63, 3.8) is 0 Å². The number of pyridine rings is 1. The molecule has 1 aromatic heterocycles. The smallest absolute Gasteiger partial charge is 0.187 e. The van der Waals surface area contributed by atoms with Crippen LogP contribution < -0.4 is 0 Å². The van der Waals surface area contributed by atoms with Gasteiger partial charge in [-0.1, -0.05) is 84.6 Å². The molecule has 0 atom stereocenters. The summed E-state index contributed by atoms with van der Waals surface area (Å²) in [5, 5.41) is 0. The topological polar surface area (TPSA) is 30.0 Å². The lowest BCUT2D eigenvalue weighted by Crippen LogP contribution is -2.10. The summed E-state index contributed by atoms with van der Waals surface area (Å²) in [6.45, 7) is 10.6. The van der Waals surface area contributed by atoms with E-state index in [9.17, 15) is 4.79 Å². The van der Waals surface area contributed by atoms with Gasteiger partial charge in [0.05, 0.1) is 5.69 Å². The van der Waals surface area contributed by atoms with Gasteiger partial charge in [-0.25, -0.2) is 0 Å². The fourth-order valence-electron chi connectivity index (χ4n) is 3.08. The molecular formula is C26H37NO. The van der Waals surface area contributed by atoms with E-state index >= 15 is 0 Å². The molecule has 2 nitrogen and oxygen atoms in total. The van der Waals surface area contributed by atoms with E-state index in [4.69, 9.17) is 0 Å². The number of rotatable bonds is 6. The Morgan fingerprint density at radius 3 is 2.11 bits per heavy atom. The normalized spacial score (nSPS) is 12.0. The largest absolute Gasteiger partial charge is 0.289 e. The average Bonchev–Trinajstić information content (AvgIpc) is 2.75. The predicted octanol–water partition coefficient (Wildman–Crippen LogP) is 7.47. The molecule has 0 saturated carbocycles. The van der Waals surface area contributed by atoms with E-state index in [0.29, 0.717) is 0 Å². The van der Waals surface area contributed by atoms with Crippen molar-refractivity contribution < 1.29 is 4.79 Å². The number of benzene rings is 1. The third-order valence-corrected chi connectivity index (χ3v) is 4.67. The van der Waals surface area contributed by atoms with E-state index in [1.54, 1.807) is 12.3 Å². The minimum Gasteiger partial charge on any atom is -0.289 e. The molecule has 0 N–H and O–H groups in total. The van der Waals surface area contributed by atoms with Gasteiger partial charge in [0, 0.05) is 18.2 Å². The lowest BCUT2D eigenvalue weighted by Gasteiger charge is -2.15. The zero-order valence-corrected chi connectivity index (χ0v) is 18.4. The SMILES string of the molecule is CC.CCCCC.CCCCc1ccc(C2=CC(=O)c3cccnc3C2)cc1. The average molecular weight is 380 g/mol. The Hall–Kier alpha value is -2.22. The highest BCUT2D eigenvalue weighted by Crippen LogP contribution is 2.26. The minimum absolute atomic E-state index is 0.0643. The maximum atomic E-state index is 12.2. The lowest BCUT2D eigenvalue weighted by atomic mass is 9.90. The molecule has 1 heterocycles. The maximum absolute atomic E-state index is 12.2. The van der Waals surface area contributed by atoms with Crippen LogP contribution in [0.4, 0.5) is 0 Å². The van der Waals surface area contributed by atoms with Crippen LogP contribution in [0.1, 0.15) is 93.9 Å². The molecule has 0 bridgehead atoms. The third kappa shape index (κ3) is 7.42. The van der Waals surface area contributed by atoms with Crippen LogP contribution in [0.25, 0.3) is 5.57 Å². The van der Waals surface area contributed by atoms with Crippen molar-refractivity contribution in [1.82, 2.24) is 4.98 Å². The number of unbranched alkanes of at least 4 members (excludes halogenated alkanes) is 3. The minimum atomic E-state index is 0.0643. The standard InChI is InChI=1S/C19H19NO.C5H12.C2H6/c1-2-3-5-14-7-9-15(10-8-14)16-12-18-17(19(21)13-16)6-4-11-20-18;1-3-5-4-2;1-2/h4,6-11,13H,2-3,5,12H2,1H3;3-5H2,1-2H3;1-2H3. The molecule has 0 radical (unpaired) electrons. The Labute approximate surface area is 172 Å². The van der Waals surface area contributed by atoms with Gasteiger partial charge < -0.3 is 0 Å². The number of carbonyl (C=O) groups excluding carboxylic acids is 1. The van der Waals surface area contributed by atoms with Gasteiger partial charge in [-0.05, 0) is 47.8 Å². The van der Waals surface area contributed by atoms with Gasteiger partial charge in [0.15, 0.2) is 5.78 Å². The zero-order valence-electron chi connectivity index (χ0n) is 18.4. The van der Waals surface area contributed by atoms with Crippen molar-refractivity contribution in [2.75, 3.05) is 0 Å². The zero-order chi connectivity index (χ0) is 20.8. The quantitative estimate of drug-likeness (QED) is 0.521. The van der Waals surface area contributed by atoms with Crippen LogP contribution >= 0.6 is 0 Å². The Morgan fingerprint density at radius 2 is 1.54 bits per heavy atom. The second kappa shape index (κ2) is 13.9. The summed E-state index contributed by atoms with van der Waals surface area (Å²) in [4.78, 5) is 16.5. The van der Waals surface area contributed by atoms with Crippen molar-refractivity contribution in [2.24, 2.45) is 0 Å². The van der Waals surface area contributed by atoms with Crippen molar-refractivity contribution in [1.29, 1.82) is 0 Å². The maximum Gasteiger partial charge on any atom is 0.187 e. The van der Waals surface area contributed by atoms with Crippen molar-refractivity contribution in [3.05, 3.63) is 71.1 Å². The van der Waals surface area contributed by atoms with Gasteiger partial charge in [-0.2, -0.15) is 0 Å². The summed E-state index contributed by atoms with van der Waals surface area (Å²) in [5.41, 5.74) is 5.17. The highest BCUT2D eigenvalue weighted by Gasteiger charge is 2.19. The molecule has 0 fully saturated rings. The first-order valence-electron chi connectivity index (χ1n) is 11.0. The third-order valence-electron chi connectivity index (χ3n) is 4.67. The van der Waals surface area contributed by atoms with Gasteiger partial charge in [-0.15, -0.1) is 0 Å². The Balaban J connectivity index is 0.000000490. The van der Waals surface area contributed by atoms with E-state index in [1.165, 1.54) is 37.7 Å². The number of fused-ring (bicyclic) bond motifs is 1. The number of carbonyl (C=O) groups is 1. The summed E-state index contributed by atoms with van der Waals surface area (Å²) < 4.78 is 0. The molecule has 1 aliphatic carbocycles. The summed E-state index contributed by atoms with van der Waals surface area (Å²) in [7, 11) is 0. The molecule has 0 spiro atoms. The number of aromatic nitrogens is 1. The van der Waals surface area contributed by atoms with E-state index in [1.807, 2.05) is 26.0 Å². The molecule has 2 aromatic rings. The molecule has 0 amide bonds. The molecule has 0 unspecified atom stereocenters. The Kier molecular flexibility index (Phi) is 11.8. The first-order valence-corrected chi connectivity index (χ1v) is 11.0. The second-order valence-electron chi connectivity index (χ2n) is 6.86. The second-order valence-corrected chi connectivity index (χ2v) is 6.86. The van der Waals surface area contributed by atoms with E-state index < -0.39 is 0 Å². The van der Waals surface area contributed by atoms with Crippen LogP contribution in [0.2, 0.25) is 0 Å². The van der Waals surface area contributed by atoms with Crippen molar-refractivity contribution in [2.45, 2.75) is 79.6 Å². The van der Waals surface area contributed by atoms with Gasteiger partial charge in [0.25, 0.3) is 0 Å². The number of hydrogen-bond acceptors (Lipinski definition) is 2. The fraction of sp³-hybridized carbons (Fsp3) is 0.462. The molecule has 2 heteroatoms. The van der Waals surface area contributed by atoms with Gasteiger partial charge >= 0.3 is 0 Å². The van der Waals surface area contributed by atoms with Gasteiger partial charge in [-0.3, -0.25) is 9.78 Å². The van der Waals surface area contributed by atoms with Crippen LogP contribution in [0, 0.1) is 0 Å². The van der Waals surface area contributed by atoms with Crippen LogP contribution in [0.3, 0.4) is 0 Å². The van der Waals surface area contributed by atoms with Crippen LogP contribution in [-0.4, -0.2) is 10.8 Å². The van der Waals surface area contributed by atoms with Gasteiger partial charge in [0.2, 0.25) is 0 Å². The molecule has 0 aliphatic heterocycles. The van der Waals surface area contributed by atoms with Crippen LogP contribution in [0.15, 0.2) is 48.7 Å². The molecule has 1 aliphatic rings. The van der Waals surface area contributed by atoms with Crippen LogP contribution in [0.5, 0.6) is 0 Å². The Morgan fingerprint density at radius 1 is 0.893 bits per heavy atom. The fourth-order valence-corrected chi connectivity index (χ4v) is 3.08. The molecule has 152 valence electrons. The molecule has 1 aromatic carbocycles. The Bertz CT molecular complexity index is 726. The number of nitrogens with zero attached hydrogens (tertiary/aromatic N) is 1. The number of aryl methyl sites for hydroxylation is 1. The molecule has 0 saturated heterocycles. The van der Waals surface area contributed by atoms with Crippen LogP contribution in [-0.2, 0) is 12.8 Å². The summed E-state index contributed by atoms with van der Waals surface area (Å²) in [6, 6.07) is 12.3. The summed E-state index contributed by atoms with van der Waals surface area (Å²) >= 11 is 0. The first kappa shape index (κ1) is 23.8. The molecule has 28 heavy (non-hydrogen) atoms. The van der Waals surface area contributed by atoms with E-state index in [-0.39, 0.29) is 5.78 Å². The monoisotopic (exact) mass is 379 g/mol. The van der Waals surface area contributed by atoms with Crippen molar-refractivity contribution in [3.8, 4) is 0 Å². The highest BCUT2D eigenvalue weighted by molar-refractivity contribution is 6.11. The molecular weight excluding hydrogens is 342 g/mol. The number of allylic oxidation sites excluding steroid dienone is 2. The lowest BCUT2D eigenvalue weighted by molar-refractivity contribution is 0.104. The summed E-state index contributed by atoms with van der Waals surface area (Å²) in [6.07, 6.45) is 11.9. The first-order chi connectivity index (χ1) is 13.7. The van der Waals surface area contributed by atoms with E-state index in [2.05, 4.69) is 50.0 Å². The molecule has 3 rings (SSSR count). The van der Waals surface area contributed by atoms with E-state index in [0.717, 1.165) is 35.2 Å².